The van der Waals surface area contributed by atoms with Crippen molar-refractivity contribution in [2.75, 3.05) is 27.1 Å². The molecular formula is C35H50N2O9. The number of pyridine rings is 1. The van der Waals surface area contributed by atoms with Crippen molar-refractivity contribution in [2.24, 2.45) is 5.73 Å². The highest BCUT2D eigenvalue weighted by atomic mass is 16.7. The lowest BCUT2D eigenvalue weighted by atomic mass is 10.0. The van der Waals surface area contributed by atoms with Crippen molar-refractivity contribution >= 4 is 17.8 Å². The van der Waals surface area contributed by atoms with Crippen molar-refractivity contribution in [3.63, 3.8) is 0 Å². The van der Waals surface area contributed by atoms with E-state index in [1.807, 2.05) is 69.3 Å². The van der Waals surface area contributed by atoms with Gasteiger partial charge < -0.3 is 34.2 Å². The maximum Gasteiger partial charge on any atom is 0.334 e. The van der Waals surface area contributed by atoms with Gasteiger partial charge in [-0.25, -0.2) is 9.78 Å². The van der Waals surface area contributed by atoms with Crippen LogP contribution >= 0.6 is 0 Å². The first kappa shape index (κ1) is 39.5. The van der Waals surface area contributed by atoms with Crippen LogP contribution in [0.5, 0.6) is 11.5 Å². The smallest absolute Gasteiger partial charge is 0.334 e. The fourth-order valence-corrected chi connectivity index (χ4v) is 3.78. The Balaban J connectivity index is 0.000000733. The van der Waals surface area contributed by atoms with Gasteiger partial charge in [-0.2, -0.15) is 0 Å². The van der Waals surface area contributed by atoms with Gasteiger partial charge in [0, 0.05) is 33.1 Å². The first-order valence-corrected chi connectivity index (χ1v) is 15.0. The van der Waals surface area contributed by atoms with Crippen molar-refractivity contribution in [1.29, 1.82) is 0 Å². The molecular weight excluding hydrogens is 592 g/mol. The zero-order valence-corrected chi connectivity index (χ0v) is 27.9. The number of benzene rings is 2. The molecule has 1 aromatic heterocycles. The number of hydrogen-bond donors (Lipinski definition) is 1. The van der Waals surface area contributed by atoms with E-state index in [0.29, 0.717) is 26.1 Å². The highest BCUT2D eigenvalue weighted by Gasteiger charge is 2.24. The highest BCUT2D eigenvalue weighted by molar-refractivity contribution is 5.94. The Kier molecular flexibility index (Phi) is 19.0. The maximum atomic E-state index is 11.2. The first-order valence-electron chi connectivity index (χ1n) is 15.0. The fraction of sp³-hybridized carbons (Fsp3) is 0.429. The number of aromatic nitrogens is 1. The summed E-state index contributed by atoms with van der Waals surface area (Å²) in [6.07, 6.45) is 2.33. The quantitative estimate of drug-likeness (QED) is 0.153. The topological polar surface area (TPSA) is 146 Å². The second kappa shape index (κ2) is 22.1. The number of carbonyl (C=O) groups is 3. The zero-order chi connectivity index (χ0) is 34.4. The van der Waals surface area contributed by atoms with Crippen LogP contribution in [0, 0.1) is 6.92 Å². The van der Waals surface area contributed by atoms with E-state index in [4.69, 9.17) is 34.2 Å². The van der Waals surface area contributed by atoms with Gasteiger partial charge in [0.25, 0.3) is 5.91 Å². The van der Waals surface area contributed by atoms with Crippen LogP contribution in [0.15, 0.2) is 72.9 Å². The van der Waals surface area contributed by atoms with Crippen LogP contribution in [-0.4, -0.2) is 61.7 Å². The standard InChI is InChI=1S/C16H24O3.C12H16N2O6.C7H8.H2/c1-5-15(17)19-13(2)11-16(3,4)18-12-14-9-7-6-8-10-14;1-3-18-6-9(15)19-7-20-11-8(17-2)4-5-14-10(11)12(13)16;1-7-5-3-2-4-6-7;/h6-10,13H,5,11-12H2,1-4H3;4-5H,3,6-7H2,1-2H3,(H2,13,16);2-6H,1H3;1H/t13-;;;/m0.../s1. The number of aryl methyl sites for hydroxylation is 1. The van der Waals surface area contributed by atoms with Crippen molar-refractivity contribution in [3.8, 4) is 11.5 Å². The van der Waals surface area contributed by atoms with E-state index >= 15 is 0 Å². The van der Waals surface area contributed by atoms with E-state index in [1.165, 1.54) is 24.9 Å². The molecule has 0 fully saturated rings. The van der Waals surface area contributed by atoms with Gasteiger partial charge in [0.1, 0.15) is 12.7 Å². The third kappa shape index (κ3) is 17.1. The normalized spacial score (nSPS) is 11.0. The summed E-state index contributed by atoms with van der Waals surface area (Å²) < 4.78 is 31.0. The minimum Gasteiger partial charge on any atom is -0.493 e. The number of ether oxygens (including phenoxy) is 6. The zero-order valence-electron chi connectivity index (χ0n) is 27.9. The molecule has 3 rings (SSSR count). The van der Waals surface area contributed by atoms with Gasteiger partial charge in [0.2, 0.25) is 6.79 Å². The molecule has 254 valence electrons. The second-order valence-electron chi connectivity index (χ2n) is 10.5. The van der Waals surface area contributed by atoms with E-state index < -0.39 is 18.7 Å². The van der Waals surface area contributed by atoms with Crippen molar-refractivity contribution in [1.82, 2.24) is 4.98 Å². The van der Waals surface area contributed by atoms with Crippen LogP contribution in [0.4, 0.5) is 0 Å². The monoisotopic (exact) mass is 642 g/mol. The number of nitrogens with zero attached hydrogens (tertiary/aromatic N) is 1. The van der Waals surface area contributed by atoms with E-state index in [2.05, 4.69) is 24.0 Å². The minimum absolute atomic E-state index is 0. The average molecular weight is 643 g/mol. The molecule has 1 atom stereocenters. The Morgan fingerprint density at radius 2 is 1.59 bits per heavy atom. The SMILES string of the molecule is CCC(=O)O[C@@H](C)CC(C)(C)OCc1ccccc1.CCOCC(=O)OCOc1c(OC)ccnc1C(N)=O.Cc1ccccc1.[HH]. The molecule has 0 aliphatic carbocycles. The predicted molar refractivity (Wildman–Crippen MR) is 176 cm³/mol. The van der Waals surface area contributed by atoms with E-state index in [-0.39, 0.29) is 42.9 Å². The molecule has 0 saturated heterocycles. The number of esters is 2. The van der Waals surface area contributed by atoms with Crippen LogP contribution in [0.3, 0.4) is 0 Å². The lowest BCUT2D eigenvalue weighted by Gasteiger charge is -2.28. The Bertz CT molecular complexity index is 1310. The molecule has 11 heteroatoms. The Hall–Kier alpha value is -4.48. The average Bonchev–Trinajstić information content (AvgIpc) is 3.04. The van der Waals surface area contributed by atoms with Crippen LogP contribution in [-0.2, 0) is 35.1 Å². The summed E-state index contributed by atoms with van der Waals surface area (Å²) in [4.78, 5) is 37.4. The molecule has 2 N–H and O–H groups in total. The summed E-state index contributed by atoms with van der Waals surface area (Å²) in [7, 11) is 1.40. The molecule has 0 unspecified atom stereocenters. The lowest BCUT2D eigenvalue weighted by molar-refractivity contribution is -0.155. The molecule has 0 saturated carbocycles. The Morgan fingerprint density at radius 1 is 0.957 bits per heavy atom. The number of hydrogen-bond acceptors (Lipinski definition) is 10. The lowest BCUT2D eigenvalue weighted by Crippen LogP contribution is -2.31. The van der Waals surface area contributed by atoms with Gasteiger partial charge in [-0.1, -0.05) is 73.2 Å². The van der Waals surface area contributed by atoms with Gasteiger partial charge in [0.15, 0.2) is 17.2 Å². The number of nitrogens with two attached hydrogens (primary N) is 1. The minimum atomic E-state index is -0.778. The summed E-state index contributed by atoms with van der Waals surface area (Å²) in [5, 5.41) is 0. The summed E-state index contributed by atoms with van der Waals surface area (Å²) >= 11 is 0. The number of methoxy groups -OCH3 is 1. The largest absolute Gasteiger partial charge is 0.493 e. The second-order valence-corrected chi connectivity index (χ2v) is 10.5. The molecule has 0 aliphatic heterocycles. The van der Waals surface area contributed by atoms with Gasteiger partial charge in [-0.3, -0.25) is 9.59 Å². The number of rotatable bonds is 15. The van der Waals surface area contributed by atoms with Crippen LogP contribution < -0.4 is 15.2 Å². The van der Waals surface area contributed by atoms with E-state index in [0.717, 1.165) is 5.56 Å². The molecule has 0 aliphatic rings. The van der Waals surface area contributed by atoms with Gasteiger partial charge in [-0.15, -0.1) is 0 Å². The van der Waals surface area contributed by atoms with Crippen molar-refractivity contribution in [3.05, 3.63) is 89.7 Å². The number of primary amides is 1. The molecule has 0 spiro atoms. The van der Waals surface area contributed by atoms with E-state index in [9.17, 15) is 14.4 Å². The highest BCUT2D eigenvalue weighted by Crippen LogP contribution is 2.29. The van der Waals surface area contributed by atoms with Crippen LogP contribution in [0.2, 0.25) is 0 Å². The first-order chi connectivity index (χ1) is 21.9. The molecule has 46 heavy (non-hydrogen) atoms. The third-order valence-corrected chi connectivity index (χ3v) is 5.98. The Labute approximate surface area is 273 Å². The van der Waals surface area contributed by atoms with Crippen LogP contribution in [0.1, 0.15) is 70.5 Å². The molecule has 0 radical (unpaired) electrons. The fourth-order valence-electron chi connectivity index (χ4n) is 3.78. The maximum absolute atomic E-state index is 11.2. The molecule has 1 heterocycles. The summed E-state index contributed by atoms with van der Waals surface area (Å²) in [5.41, 5.74) is 7.22. The number of carbonyl (C=O) groups excluding carboxylic acids is 3. The van der Waals surface area contributed by atoms with Gasteiger partial charge in [0.05, 0.1) is 19.3 Å². The predicted octanol–water partition coefficient (Wildman–Crippen LogP) is 6.06. The number of amides is 1. The molecule has 3 aromatic rings. The van der Waals surface area contributed by atoms with Gasteiger partial charge >= 0.3 is 11.9 Å². The third-order valence-electron chi connectivity index (χ3n) is 5.98. The summed E-state index contributed by atoms with van der Waals surface area (Å²) in [6.45, 7) is 12.0. The molecule has 0 bridgehead atoms. The van der Waals surface area contributed by atoms with Crippen molar-refractivity contribution in [2.45, 2.75) is 72.7 Å². The van der Waals surface area contributed by atoms with Gasteiger partial charge in [-0.05, 0) is 40.2 Å². The molecule has 11 nitrogen and oxygen atoms in total. The molecule has 2 aromatic carbocycles. The van der Waals surface area contributed by atoms with Crippen LogP contribution in [0.25, 0.3) is 0 Å². The summed E-state index contributed by atoms with van der Waals surface area (Å²) in [5.74, 6) is -1.25. The summed E-state index contributed by atoms with van der Waals surface area (Å²) in [6, 6.07) is 21.8. The molecule has 1 amide bonds. The Morgan fingerprint density at radius 3 is 2.11 bits per heavy atom. The van der Waals surface area contributed by atoms with Crippen molar-refractivity contribution < 1.29 is 44.2 Å². The van der Waals surface area contributed by atoms with E-state index in [1.54, 1.807) is 13.8 Å².